The molecule has 1 atom stereocenters. The van der Waals surface area contributed by atoms with Crippen LogP contribution in [0.4, 0.5) is 0 Å². The summed E-state index contributed by atoms with van der Waals surface area (Å²) in [7, 11) is 4.73. The molecule has 1 aromatic rings. The number of nitrogens with one attached hydrogen (secondary N) is 1. The molecule has 1 saturated heterocycles. The van der Waals surface area contributed by atoms with E-state index in [0.29, 0.717) is 29.8 Å². The van der Waals surface area contributed by atoms with Crippen LogP contribution in [0.5, 0.6) is 17.2 Å². The van der Waals surface area contributed by atoms with Gasteiger partial charge in [-0.1, -0.05) is 6.42 Å². The van der Waals surface area contributed by atoms with Crippen molar-refractivity contribution in [2.24, 2.45) is 0 Å². The monoisotopic (exact) mass is 376 g/mol. The maximum absolute atomic E-state index is 12.1. The summed E-state index contributed by atoms with van der Waals surface area (Å²) in [6, 6.07) is 4.20. The Morgan fingerprint density at radius 2 is 1.85 bits per heavy atom. The summed E-state index contributed by atoms with van der Waals surface area (Å²) in [5.74, 6) is 1.69. The minimum absolute atomic E-state index is 0.112. The van der Waals surface area contributed by atoms with Crippen LogP contribution in [0.15, 0.2) is 18.2 Å². The number of piperidine rings is 1. The van der Waals surface area contributed by atoms with Crippen LogP contribution in [0.3, 0.4) is 0 Å². The SMILES string of the molecule is COc1cc(OC)c(OC)cc1/C=C/C(=O)NCCCN1CCCC[C@@H]1C. The van der Waals surface area contributed by atoms with Crippen molar-refractivity contribution in [2.45, 2.75) is 38.6 Å². The van der Waals surface area contributed by atoms with Crippen LogP contribution in [0, 0.1) is 0 Å². The molecule has 0 saturated carbocycles. The van der Waals surface area contributed by atoms with Crippen LogP contribution >= 0.6 is 0 Å². The van der Waals surface area contributed by atoms with Crippen molar-refractivity contribution < 1.29 is 19.0 Å². The van der Waals surface area contributed by atoms with Gasteiger partial charge in [-0.3, -0.25) is 4.79 Å². The topological polar surface area (TPSA) is 60.0 Å². The number of benzene rings is 1. The van der Waals surface area contributed by atoms with Gasteiger partial charge < -0.3 is 24.4 Å². The first kappa shape index (κ1) is 21.1. The number of methoxy groups -OCH3 is 3. The van der Waals surface area contributed by atoms with Crippen LogP contribution in [-0.2, 0) is 4.79 Å². The van der Waals surface area contributed by atoms with Gasteiger partial charge in [-0.25, -0.2) is 0 Å². The maximum atomic E-state index is 12.1. The zero-order chi connectivity index (χ0) is 19.6. The highest BCUT2D eigenvalue weighted by molar-refractivity contribution is 5.92. The third-order valence-corrected chi connectivity index (χ3v) is 5.01. The van der Waals surface area contributed by atoms with E-state index in [1.54, 1.807) is 39.5 Å². The van der Waals surface area contributed by atoms with Crippen molar-refractivity contribution >= 4 is 12.0 Å². The second-order valence-electron chi connectivity index (χ2n) is 6.81. The van der Waals surface area contributed by atoms with E-state index in [4.69, 9.17) is 14.2 Å². The number of hydrogen-bond donors (Lipinski definition) is 1. The van der Waals surface area contributed by atoms with Gasteiger partial charge >= 0.3 is 0 Å². The number of carbonyl (C=O) groups excluding carboxylic acids is 1. The Bertz CT molecular complexity index is 645. The van der Waals surface area contributed by atoms with Crippen LogP contribution in [-0.4, -0.2) is 57.8 Å². The standard InChI is InChI=1S/C21H32N2O4/c1-16-8-5-6-12-23(16)13-7-11-22-21(24)10-9-17-14-19(26-3)20(27-4)15-18(17)25-2/h9-10,14-16H,5-8,11-13H2,1-4H3,(H,22,24)/b10-9+/t16-/m0/s1. The number of rotatable bonds is 9. The fourth-order valence-corrected chi connectivity index (χ4v) is 3.39. The molecule has 0 bridgehead atoms. The lowest BCUT2D eigenvalue weighted by Crippen LogP contribution is -2.39. The van der Waals surface area contributed by atoms with E-state index in [-0.39, 0.29) is 5.91 Å². The summed E-state index contributed by atoms with van der Waals surface area (Å²) >= 11 is 0. The minimum Gasteiger partial charge on any atom is -0.496 e. The largest absolute Gasteiger partial charge is 0.496 e. The second-order valence-corrected chi connectivity index (χ2v) is 6.81. The zero-order valence-electron chi connectivity index (χ0n) is 16.9. The second kappa shape index (κ2) is 10.8. The van der Waals surface area contributed by atoms with Gasteiger partial charge in [-0.15, -0.1) is 0 Å². The molecule has 1 fully saturated rings. The highest BCUT2D eigenvalue weighted by Gasteiger charge is 2.17. The van der Waals surface area contributed by atoms with Crippen LogP contribution < -0.4 is 19.5 Å². The van der Waals surface area contributed by atoms with Crippen LogP contribution in [0.2, 0.25) is 0 Å². The summed E-state index contributed by atoms with van der Waals surface area (Å²) in [6.45, 7) is 5.18. The van der Waals surface area contributed by atoms with Crippen LogP contribution in [0.1, 0.15) is 38.2 Å². The van der Waals surface area contributed by atoms with E-state index >= 15 is 0 Å². The van der Waals surface area contributed by atoms with Crippen molar-refractivity contribution in [3.8, 4) is 17.2 Å². The van der Waals surface area contributed by atoms with Crippen molar-refractivity contribution in [1.29, 1.82) is 0 Å². The predicted octanol–water partition coefficient (Wildman–Crippen LogP) is 3.11. The molecule has 6 heteroatoms. The number of amides is 1. The van der Waals surface area contributed by atoms with Gasteiger partial charge in [0.1, 0.15) is 5.75 Å². The summed E-state index contributed by atoms with van der Waals surface area (Å²) in [4.78, 5) is 14.6. The van der Waals surface area contributed by atoms with E-state index < -0.39 is 0 Å². The molecule has 27 heavy (non-hydrogen) atoms. The first-order valence-electron chi connectivity index (χ1n) is 9.59. The number of nitrogens with zero attached hydrogens (tertiary/aromatic N) is 1. The first-order chi connectivity index (χ1) is 13.1. The van der Waals surface area contributed by atoms with E-state index in [2.05, 4.69) is 17.1 Å². The third kappa shape index (κ3) is 6.17. The summed E-state index contributed by atoms with van der Waals surface area (Å²) in [5.41, 5.74) is 0.757. The molecule has 1 amide bonds. The predicted molar refractivity (Wildman–Crippen MR) is 108 cm³/mol. The Hall–Kier alpha value is -2.21. The van der Waals surface area contributed by atoms with E-state index in [0.717, 1.165) is 18.5 Å². The first-order valence-corrected chi connectivity index (χ1v) is 9.59. The molecule has 6 nitrogen and oxygen atoms in total. The molecule has 0 spiro atoms. The average molecular weight is 376 g/mol. The van der Waals surface area contributed by atoms with Crippen molar-refractivity contribution in [3.63, 3.8) is 0 Å². The van der Waals surface area contributed by atoms with Gasteiger partial charge in [0.25, 0.3) is 0 Å². The molecule has 1 N–H and O–H groups in total. The molecular formula is C21H32N2O4. The van der Waals surface area contributed by atoms with Gasteiger partial charge in [0.2, 0.25) is 5.91 Å². The van der Waals surface area contributed by atoms with Gasteiger partial charge in [0.15, 0.2) is 11.5 Å². The maximum Gasteiger partial charge on any atom is 0.244 e. The summed E-state index contributed by atoms with van der Waals surface area (Å²) < 4.78 is 16.0. The van der Waals surface area contributed by atoms with E-state index in [1.165, 1.54) is 31.9 Å². The van der Waals surface area contributed by atoms with Crippen molar-refractivity contribution in [3.05, 3.63) is 23.8 Å². The third-order valence-electron chi connectivity index (χ3n) is 5.01. The van der Waals surface area contributed by atoms with E-state index in [9.17, 15) is 4.79 Å². The summed E-state index contributed by atoms with van der Waals surface area (Å²) in [6.07, 6.45) is 8.10. The Kier molecular flexibility index (Phi) is 8.45. The average Bonchev–Trinajstić information content (AvgIpc) is 2.70. The number of carbonyl (C=O) groups is 1. The molecule has 1 aromatic carbocycles. The molecule has 1 heterocycles. The fourth-order valence-electron chi connectivity index (χ4n) is 3.39. The minimum atomic E-state index is -0.112. The highest BCUT2D eigenvalue weighted by atomic mass is 16.5. The van der Waals surface area contributed by atoms with Gasteiger partial charge in [0, 0.05) is 36.8 Å². The number of likely N-dealkylation sites (tertiary alicyclic amines) is 1. The Morgan fingerprint density at radius 3 is 2.52 bits per heavy atom. The molecule has 0 aromatic heterocycles. The quantitative estimate of drug-likeness (QED) is 0.530. The molecule has 0 aliphatic carbocycles. The van der Waals surface area contributed by atoms with Crippen molar-refractivity contribution in [1.82, 2.24) is 10.2 Å². The number of ether oxygens (including phenoxy) is 3. The molecule has 0 radical (unpaired) electrons. The zero-order valence-corrected chi connectivity index (χ0v) is 16.9. The fraction of sp³-hybridized carbons (Fsp3) is 0.571. The molecule has 150 valence electrons. The smallest absolute Gasteiger partial charge is 0.244 e. The molecule has 1 aliphatic rings. The Labute approximate surface area is 162 Å². The van der Waals surface area contributed by atoms with Gasteiger partial charge in [-0.2, -0.15) is 0 Å². The lowest BCUT2D eigenvalue weighted by atomic mass is 10.0. The number of hydrogen-bond acceptors (Lipinski definition) is 5. The van der Waals surface area contributed by atoms with Crippen LogP contribution in [0.25, 0.3) is 6.08 Å². The lowest BCUT2D eigenvalue weighted by molar-refractivity contribution is -0.116. The summed E-state index contributed by atoms with van der Waals surface area (Å²) in [5, 5.41) is 2.95. The Balaban J connectivity index is 1.85. The normalized spacial score (nSPS) is 17.7. The molecular weight excluding hydrogens is 344 g/mol. The van der Waals surface area contributed by atoms with Gasteiger partial charge in [0.05, 0.1) is 21.3 Å². The van der Waals surface area contributed by atoms with E-state index in [1.807, 2.05) is 0 Å². The van der Waals surface area contributed by atoms with Gasteiger partial charge in [-0.05, 0) is 44.9 Å². The lowest BCUT2D eigenvalue weighted by Gasteiger charge is -2.33. The molecule has 2 rings (SSSR count). The molecule has 0 unspecified atom stereocenters. The highest BCUT2D eigenvalue weighted by Crippen LogP contribution is 2.35. The Morgan fingerprint density at radius 1 is 1.15 bits per heavy atom. The van der Waals surface area contributed by atoms with Crippen molar-refractivity contribution in [2.75, 3.05) is 41.0 Å². The molecule has 1 aliphatic heterocycles.